The Kier molecular flexibility index (Phi) is 6.44. The number of hydrogen-bond donors (Lipinski definition) is 2. The monoisotopic (exact) mass is 422 g/mol. The summed E-state index contributed by atoms with van der Waals surface area (Å²) in [4.78, 5) is 43.8. The molecule has 0 bridgehead atoms. The summed E-state index contributed by atoms with van der Waals surface area (Å²) in [5, 5.41) is 5.85. The second-order valence-electron chi connectivity index (χ2n) is 7.11. The molecule has 1 fully saturated rings. The van der Waals surface area contributed by atoms with Gasteiger partial charge in [-0.1, -0.05) is 24.6 Å². The second kappa shape index (κ2) is 8.65. The maximum absolute atomic E-state index is 12.9. The average molecular weight is 423 g/mol. The average Bonchev–Trinajstić information content (AvgIpc) is 3.23. The number of fused-ring (bicyclic) bond motifs is 1. The van der Waals surface area contributed by atoms with Crippen LogP contribution in [0.1, 0.15) is 50.0 Å². The molecule has 0 saturated heterocycles. The van der Waals surface area contributed by atoms with Crippen LogP contribution in [0.5, 0.6) is 0 Å². The molecule has 1 atom stereocenters. The molecule has 2 heterocycles. The van der Waals surface area contributed by atoms with Gasteiger partial charge in [-0.2, -0.15) is 0 Å². The zero-order chi connectivity index (χ0) is 20.4. The van der Waals surface area contributed by atoms with E-state index in [-0.39, 0.29) is 11.6 Å². The molecule has 1 aliphatic rings. The Labute approximate surface area is 172 Å². The predicted octanol–water partition coefficient (Wildman–Crippen LogP) is 3.34. The first-order chi connectivity index (χ1) is 13.3. The first-order valence-electron chi connectivity index (χ1n) is 9.60. The SMILES string of the molecule is CCn1c(S[C@@H](C)C(=O)NC(=O)NC2CCCC2)nc2sc(C)c(C)c2c1=O. The predicted molar refractivity (Wildman–Crippen MR) is 113 cm³/mol. The first-order valence-corrected chi connectivity index (χ1v) is 11.3. The van der Waals surface area contributed by atoms with E-state index in [1.165, 1.54) is 23.1 Å². The van der Waals surface area contributed by atoms with E-state index in [1.54, 1.807) is 11.5 Å². The minimum Gasteiger partial charge on any atom is -0.335 e. The second-order valence-corrected chi connectivity index (χ2v) is 9.62. The molecule has 2 aromatic rings. The summed E-state index contributed by atoms with van der Waals surface area (Å²) in [6, 6.07) is -0.305. The Morgan fingerprint density at radius 1 is 1.32 bits per heavy atom. The highest BCUT2D eigenvalue weighted by Crippen LogP contribution is 2.29. The van der Waals surface area contributed by atoms with E-state index in [0.29, 0.717) is 21.9 Å². The molecule has 3 rings (SSSR count). The Balaban J connectivity index is 1.74. The van der Waals surface area contributed by atoms with Crippen molar-refractivity contribution in [3.8, 4) is 0 Å². The molecule has 1 saturated carbocycles. The van der Waals surface area contributed by atoms with Crippen LogP contribution in [-0.4, -0.2) is 32.8 Å². The van der Waals surface area contributed by atoms with Crippen molar-refractivity contribution in [2.45, 2.75) is 76.4 Å². The molecule has 3 amide bonds. The highest BCUT2D eigenvalue weighted by Gasteiger charge is 2.23. The lowest BCUT2D eigenvalue weighted by atomic mass is 10.2. The van der Waals surface area contributed by atoms with Crippen LogP contribution in [0.2, 0.25) is 0 Å². The highest BCUT2D eigenvalue weighted by atomic mass is 32.2. The van der Waals surface area contributed by atoms with Gasteiger partial charge < -0.3 is 5.32 Å². The van der Waals surface area contributed by atoms with Crippen molar-refractivity contribution >= 4 is 45.3 Å². The standard InChI is InChI=1S/C19H26N4O3S2/c1-5-23-17(25)14-10(2)11(3)27-16(14)22-19(23)28-12(4)15(24)21-18(26)20-13-8-6-7-9-13/h12-13H,5-9H2,1-4H3,(H2,20,21,24,26)/t12-/m0/s1. The van der Waals surface area contributed by atoms with Crippen LogP contribution in [-0.2, 0) is 11.3 Å². The number of carbonyl (C=O) groups is 2. The number of aromatic nitrogens is 2. The molecular formula is C19H26N4O3S2. The number of carbonyl (C=O) groups excluding carboxylic acids is 2. The number of thiophene rings is 1. The van der Waals surface area contributed by atoms with Crippen LogP contribution in [0.3, 0.4) is 0 Å². The highest BCUT2D eigenvalue weighted by molar-refractivity contribution is 8.00. The van der Waals surface area contributed by atoms with E-state index >= 15 is 0 Å². The lowest BCUT2D eigenvalue weighted by Gasteiger charge is -2.16. The van der Waals surface area contributed by atoms with Crippen molar-refractivity contribution in [3.63, 3.8) is 0 Å². The van der Waals surface area contributed by atoms with Crippen LogP contribution in [0, 0.1) is 13.8 Å². The summed E-state index contributed by atoms with van der Waals surface area (Å²) in [6.07, 6.45) is 4.13. The van der Waals surface area contributed by atoms with Crippen molar-refractivity contribution in [2.24, 2.45) is 0 Å². The lowest BCUT2D eigenvalue weighted by molar-refractivity contribution is -0.119. The van der Waals surface area contributed by atoms with Crippen LogP contribution in [0.25, 0.3) is 10.2 Å². The molecule has 7 nitrogen and oxygen atoms in total. The number of imide groups is 1. The number of aryl methyl sites for hydroxylation is 2. The minimum atomic E-state index is -0.557. The maximum atomic E-state index is 12.9. The zero-order valence-electron chi connectivity index (χ0n) is 16.6. The number of nitrogens with one attached hydrogen (secondary N) is 2. The molecule has 0 radical (unpaired) electrons. The van der Waals surface area contributed by atoms with Gasteiger partial charge in [-0.25, -0.2) is 9.78 Å². The Morgan fingerprint density at radius 3 is 2.64 bits per heavy atom. The van der Waals surface area contributed by atoms with Gasteiger partial charge in [0.05, 0.1) is 10.6 Å². The summed E-state index contributed by atoms with van der Waals surface area (Å²) >= 11 is 2.69. The van der Waals surface area contributed by atoms with Crippen molar-refractivity contribution < 1.29 is 9.59 Å². The normalized spacial score (nSPS) is 15.7. The van der Waals surface area contributed by atoms with Gasteiger partial charge in [0, 0.05) is 17.5 Å². The topological polar surface area (TPSA) is 93.1 Å². The van der Waals surface area contributed by atoms with Gasteiger partial charge in [0.2, 0.25) is 5.91 Å². The molecule has 0 aliphatic heterocycles. The van der Waals surface area contributed by atoms with Crippen molar-refractivity contribution in [1.29, 1.82) is 0 Å². The van der Waals surface area contributed by atoms with Crippen LogP contribution >= 0.6 is 23.1 Å². The van der Waals surface area contributed by atoms with Gasteiger partial charge in [-0.05, 0) is 46.1 Å². The fourth-order valence-corrected chi connectivity index (χ4v) is 5.44. The van der Waals surface area contributed by atoms with E-state index < -0.39 is 17.2 Å². The van der Waals surface area contributed by atoms with Gasteiger partial charge in [0.15, 0.2) is 5.16 Å². The smallest absolute Gasteiger partial charge is 0.321 e. The maximum Gasteiger partial charge on any atom is 0.321 e. The fourth-order valence-electron chi connectivity index (χ4n) is 3.39. The molecule has 9 heteroatoms. The molecular weight excluding hydrogens is 396 g/mol. The lowest BCUT2D eigenvalue weighted by Crippen LogP contribution is -2.46. The van der Waals surface area contributed by atoms with Crippen LogP contribution < -0.4 is 16.2 Å². The number of nitrogens with zero attached hydrogens (tertiary/aromatic N) is 2. The summed E-state index contributed by atoms with van der Waals surface area (Å²) in [7, 11) is 0. The Hall–Kier alpha value is -1.87. The third-order valence-corrected chi connectivity index (χ3v) is 7.34. The van der Waals surface area contributed by atoms with Crippen molar-refractivity contribution in [3.05, 3.63) is 20.8 Å². The van der Waals surface area contributed by atoms with Gasteiger partial charge in [-0.3, -0.25) is 19.5 Å². The van der Waals surface area contributed by atoms with Crippen LogP contribution in [0.4, 0.5) is 4.79 Å². The molecule has 2 N–H and O–H groups in total. The Bertz CT molecular complexity index is 960. The minimum absolute atomic E-state index is 0.0802. The summed E-state index contributed by atoms with van der Waals surface area (Å²) in [6.45, 7) is 7.97. The van der Waals surface area contributed by atoms with E-state index in [2.05, 4.69) is 15.6 Å². The molecule has 0 spiro atoms. The van der Waals surface area contributed by atoms with Gasteiger partial charge in [-0.15, -0.1) is 11.3 Å². The number of rotatable bonds is 5. The molecule has 28 heavy (non-hydrogen) atoms. The van der Waals surface area contributed by atoms with Gasteiger partial charge >= 0.3 is 6.03 Å². The molecule has 0 unspecified atom stereocenters. The quantitative estimate of drug-likeness (QED) is 0.569. The van der Waals surface area contributed by atoms with Gasteiger partial charge in [0.1, 0.15) is 4.83 Å². The van der Waals surface area contributed by atoms with Gasteiger partial charge in [0.25, 0.3) is 5.56 Å². The van der Waals surface area contributed by atoms with Crippen LogP contribution in [0.15, 0.2) is 9.95 Å². The molecule has 2 aromatic heterocycles. The summed E-state index contributed by atoms with van der Waals surface area (Å²) in [5.74, 6) is -0.393. The molecule has 1 aliphatic carbocycles. The van der Waals surface area contributed by atoms with E-state index in [1.807, 2.05) is 20.8 Å². The van der Waals surface area contributed by atoms with E-state index in [0.717, 1.165) is 36.1 Å². The number of amides is 3. The molecule has 0 aromatic carbocycles. The number of hydrogen-bond acceptors (Lipinski definition) is 6. The Morgan fingerprint density at radius 2 is 2.00 bits per heavy atom. The fraction of sp³-hybridized carbons (Fsp3) is 0.579. The van der Waals surface area contributed by atoms with Crippen molar-refractivity contribution in [1.82, 2.24) is 20.2 Å². The van der Waals surface area contributed by atoms with Crippen molar-refractivity contribution in [2.75, 3.05) is 0 Å². The number of thioether (sulfide) groups is 1. The first kappa shape index (κ1) is 20.9. The van der Waals surface area contributed by atoms with E-state index in [9.17, 15) is 14.4 Å². The summed E-state index contributed by atoms with van der Waals surface area (Å²) in [5.41, 5.74) is 0.883. The summed E-state index contributed by atoms with van der Waals surface area (Å²) < 4.78 is 1.59. The third-order valence-electron chi connectivity index (χ3n) is 5.15. The largest absolute Gasteiger partial charge is 0.335 e. The van der Waals surface area contributed by atoms with E-state index in [4.69, 9.17) is 0 Å². The zero-order valence-corrected chi connectivity index (χ0v) is 18.3. The third kappa shape index (κ3) is 4.25. The molecule has 152 valence electrons. The number of urea groups is 1.